The Morgan fingerprint density at radius 1 is 1.24 bits per heavy atom. The molecule has 6 heteroatoms. The van der Waals surface area contributed by atoms with Crippen LogP contribution >= 0.6 is 11.6 Å². The maximum Gasteiger partial charge on any atom is 0.101 e. The van der Waals surface area contributed by atoms with Crippen LogP contribution in [0.4, 0.5) is 0 Å². The second kappa shape index (κ2) is 7.14. The second-order valence-corrected chi connectivity index (χ2v) is 6.51. The quantitative estimate of drug-likeness (QED) is 0.747. The van der Waals surface area contributed by atoms with Crippen molar-refractivity contribution in [1.82, 2.24) is 14.3 Å². The summed E-state index contributed by atoms with van der Waals surface area (Å²) in [6.07, 6.45) is 3.39. The summed E-state index contributed by atoms with van der Waals surface area (Å²) in [5.74, 6) is 0. The van der Waals surface area contributed by atoms with Gasteiger partial charge >= 0.3 is 0 Å². The van der Waals surface area contributed by atoms with Gasteiger partial charge in [-0.2, -0.15) is 10.4 Å². The second-order valence-electron chi connectivity index (χ2n) is 6.10. The highest BCUT2D eigenvalue weighted by Gasteiger charge is 2.13. The maximum absolute atomic E-state index is 9.82. The van der Waals surface area contributed by atoms with E-state index in [1.807, 2.05) is 45.9 Å². The van der Waals surface area contributed by atoms with Crippen LogP contribution in [0, 0.1) is 11.3 Å². The monoisotopic (exact) mass is 354 g/mol. The first-order chi connectivity index (χ1) is 12.0. The molecule has 25 heavy (non-hydrogen) atoms. The molecule has 0 fully saturated rings. The molecule has 2 aromatic heterocycles. The molecule has 1 N–H and O–H groups in total. The molecule has 0 aliphatic heterocycles. The van der Waals surface area contributed by atoms with Crippen molar-refractivity contribution >= 4 is 11.6 Å². The summed E-state index contributed by atoms with van der Waals surface area (Å²) in [5, 5.41) is 23.8. The summed E-state index contributed by atoms with van der Waals surface area (Å²) < 4.78 is 3.93. The first-order valence-electron chi connectivity index (χ1n) is 8.08. The minimum Gasteiger partial charge on any atom is -0.387 e. The Morgan fingerprint density at radius 2 is 2.04 bits per heavy atom. The maximum atomic E-state index is 9.82. The number of halogens is 1. The van der Waals surface area contributed by atoms with Gasteiger partial charge in [0.2, 0.25) is 0 Å². The Labute approximate surface area is 151 Å². The van der Waals surface area contributed by atoms with Gasteiger partial charge in [-0.1, -0.05) is 17.7 Å². The van der Waals surface area contributed by atoms with Gasteiger partial charge in [-0.25, -0.2) is 0 Å². The summed E-state index contributed by atoms with van der Waals surface area (Å²) in [6, 6.07) is 13.3. The Balaban J connectivity index is 1.80. The molecule has 128 valence electrons. The Morgan fingerprint density at radius 3 is 2.72 bits per heavy atom. The van der Waals surface area contributed by atoms with Gasteiger partial charge < -0.3 is 9.67 Å². The molecule has 0 amide bonds. The van der Waals surface area contributed by atoms with E-state index in [1.165, 1.54) is 0 Å². The lowest BCUT2D eigenvalue weighted by molar-refractivity contribution is 0.187. The van der Waals surface area contributed by atoms with Crippen molar-refractivity contribution in [3.8, 4) is 17.3 Å². The van der Waals surface area contributed by atoms with Crippen LogP contribution in [0.5, 0.6) is 0 Å². The summed E-state index contributed by atoms with van der Waals surface area (Å²) in [6.45, 7) is 4.55. The van der Waals surface area contributed by atoms with Crippen molar-refractivity contribution in [2.75, 3.05) is 0 Å². The fourth-order valence-corrected chi connectivity index (χ4v) is 3.07. The van der Waals surface area contributed by atoms with Crippen molar-refractivity contribution in [3.63, 3.8) is 0 Å². The molecule has 0 spiro atoms. The standard InChI is InChI=1S/C19H19ClN4O/c1-13(12-23-8-3-4-19(23)14(2)25)24-9-7-18(22-24)15-5-6-16(11-21)17(20)10-15/h3-10,13-14,25H,12H2,1-2H3/t13-,14?/m0/s1. The zero-order valence-electron chi connectivity index (χ0n) is 14.1. The highest BCUT2D eigenvalue weighted by Crippen LogP contribution is 2.25. The molecule has 0 aliphatic carbocycles. The molecular weight excluding hydrogens is 336 g/mol. The van der Waals surface area contributed by atoms with Gasteiger partial charge in [0.1, 0.15) is 6.07 Å². The normalized spacial score (nSPS) is 13.4. The number of aromatic nitrogens is 3. The number of hydrogen-bond donors (Lipinski definition) is 1. The van der Waals surface area contributed by atoms with Gasteiger partial charge in [0, 0.05) is 30.2 Å². The SMILES string of the molecule is CC(O)c1cccn1C[C@H](C)n1ccc(-c2ccc(C#N)c(Cl)c2)n1. The van der Waals surface area contributed by atoms with Crippen molar-refractivity contribution in [3.05, 3.63) is 65.1 Å². The van der Waals surface area contributed by atoms with Crippen molar-refractivity contribution < 1.29 is 5.11 Å². The van der Waals surface area contributed by atoms with E-state index in [4.69, 9.17) is 16.9 Å². The number of rotatable bonds is 5. The summed E-state index contributed by atoms with van der Waals surface area (Å²) in [4.78, 5) is 0. The van der Waals surface area contributed by atoms with E-state index in [1.54, 1.807) is 19.1 Å². The van der Waals surface area contributed by atoms with Crippen LogP contribution in [0.15, 0.2) is 48.8 Å². The third-order valence-electron chi connectivity index (χ3n) is 4.20. The van der Waals surface area contributed by atoms with E-state index >= 15 is 0 Å². The zero-order chi connectivity index (χ0) is 18.0. The van der Waals surface area contributed by atoms with Crippen LogP contribution in [0.2, 0.25) is 5.02 Å². The third-order valence-corrected chi connectivity index (χ3v) is 4.51. The molecule has 2 heterocycles. The lowest BCUT2D eigenvalue weighted by atomic mass is 10.1. The smallest absolute Gasteiger partial charge is 0.101 e. The van der Waals surface area contributed by atoms with Crippen LogP contribution < -0.4 is 0 Å². The van der Waals surface area contributed by atoms with Gasteiger partial charge in [0.25, 0.3) is 0 Å². The number of benzene rings is 1. The molecular formula is C19H19ClN4O. The molecule has 3 rings (SSSR count). The molecule has 0 saturated heterocycles. The number of nitrogens with zero attached hydrogens (tertiary/aromatic N) is 4. The van der Waals surface area contributed by atoms with Gasteiger partial charge in [0.15, 0.2) is 0 Å². The number of aliphatic hydroxyl groups is 1. The van der Waals surface area contributed by atoms with E-state index in [-0.39, 0.29) is 6.04 Å². The summed E-state index contributed by atoms with van der Waals surface area (Å²) in [7, 11) is 0. The molecule has 5 nitrogen and oxygen atoms in total. The molecule has 2 atom stereocenters. The molecule has 0 aliphatic rings. The lowest BCUT2D eigenvalue weighted by Gasteiger charge is -2.17. The minimum absolute atomic E-state index is 0.118. The molecule has 0 radical (unpaired) electrons. The van der Waals surface area contributed by atoms with Crippen LogP contribution in [0.3, 0.4) is 0 Å². The zero-order valence-corrected chi connectivity index (χ0v) is 14.9. The topological polar surface area (TPSA) is 66.8 Å². The fraction of sp³-hybridized carbons (Fsp3) is 0.263. The van der Waals surface area contributed by atoms with Gasteiger partial charge in [0.05, 0.1) is 28.4 Å². The largest absolute Gasteiger partial charge is 0.387 e. The predicted octanol–water partition coefficient (Wildman–Crippen LogP) is 4.19. The first kappa shape index (κ1) is 17.3. The molecule has 1 aromatic carbocycles. The van der Waals surface area contributed by atoms with E-state index in [2.05, 4.69) is 18.1 Å². The van der Waals surface area contributed by atoms with E-state index in [0.29, 0.717) is 17.1 Å². The molecule has 1 unspecified atom stereocenters. The fourth-order valence-electron chi connectivity index (χ4n) is 2.84. The Hall–Kier alpha value is -2.55. The van der Waals surface area contributed by atoms with Crippen LogP contribution in [0.25, 0.3) is 11.3 Å². The third kappa shape index (κ3) is 3.60. The summed E-state index contributed by atoms with van der Waals surface area (Å²) >= 11 is 6.11. The Kier molecular flexibility index (Phi) is 4.93. The average molecular weight is 355 g/mol. The van der Waals surface area contributed by atoms with E-state index < -0.39 is 6.10 Å². The average Bonchev–Trinajstić information content (AvgIpc) is 3.24. The lowest BCUT2D eigenvalue weighted by Crippen LogP contribution is -2.15. The van der Waals surface area contributed by atoms with E-state index in [0.717, 1.165) is 17.0 Å². The first-order valence-corrected chi connectivity index (χ1v) is 8.45. The number of nitriles is 1. The van der Waals surface area contributed by atoms with Crippen LogP contribution in [-0.4, -0.2) is 19.5 Å². The molecule has 0 bridgehead atoms. The Bertz CT molecular complexity index is 920. The predicted molar refractivity (Wildman–Crippen MR) is 97.2 cm³/mol. The van der Waals surface area contributed by atoms with Crippen LogP contribution in [0.1, 0.15) is 37.3 Å². The number of hydrogen-bond acceptors (Lipinski definition) is 3. The molecule has 3 aromatic rings. The van der Waals surface area contributed by atoms with Crippen LogP contribution in [-0.2, 0) is 6.54 Å². The van der Waals surface area contributed by atoms with Gasteiger partial charge in [-0.15, -0.1) is 0 Å². The van der Waals surface area contributed by atoms with Gasteiger partial charge in [-0.3, -0.25) is 4.68 Å². The van der Waals surface area contributed by atoms with Crippen molar-refractivity contribution in [1.29, 1.82) is 5.26 Å². The molecule has 0 saturated carbocycles. The summed E-state index contributed by atoms with van der Waals surface area (Å²) in [5.41, 5.74) is 3.02. The minimum atomic E-state index is -0.504. The highest BCUT2D eigenvalue weighted by atomic mass is 35.5. The van der Waals surface area contributed by atoms with Gasteiger partial charge in [-0.05, 0) is 44.2 Å². The van der Waals surface area contributed by atoms with Crippen molar-refractivity contribution in [2.24, 2.45) is 0 Å². The highest BCUT2D eigenvalue weighted by molar-refractivity contribution is 6.32. The number of aliphatic hydroxyl groups excluding tert-OH is 1. The van der Waals surface area contributed by atoms with E-state index in [9.17, 15) is 5.11 Å². The van der Waals surface area contributed by atoms with Crippen molar-refractivity contribution in [2.45, 2.75) is 32.5 Å².